The van der Waals surface area contributed by atoms with Crippen LogP contribution in [0.4, 0.5) is 0 Å². The third-order valence-corrected chi connectivity index (χ3v) is 1.75. The van der Waals surface area contributed by atoms with E-state index < -0.39 is 0 Å². The molecule has 0 bridgehead atoms. The topological polar surface area (TPSA) is 30.0 Å². The SMILES string of the molecule is CCCC(=O)c1ccc(Cl)nc1. The minimum Gasteiger partial charge on any atom is -0.294 e. The lowest BCUT2D eigenvalue weighted by molar-refractivity contribution is 0.0981. The number of aromatic nitrogens is 1. The maximum absolute atomic E-state index is 11.3. The van der Waals surface area contributed by atoms with E-state index in [1.807, 2.05) is 6.92 Å². The molecule has 0 fully saturated rings. The van der Waals surface area contributed by atoms with Gasteiger partial charge in [0.05, 0.1) is 0 Å². The van der Waals surface area contributed by atoms with E-state index in [1.54, 1.807) is 12.1 Å². The average molecular weight is 184 g/mol. The Labute approximate surface area is 76.6 Å². The third-order valence-electron chi connectivity index (χ3n) is 1.53. The molecule has 12 heavy (non-hydrogen) atoms. The van der Waals surface area contributed by atoms with Crippen LogP contribution in [0, 0.1) is 0 Å². The Hall–Kier alpha value is -0.890. The summed E-state index contributed by atoms with van der Waals surface area (Å²) in [5, 5.41) is 0.419. The van der Waals surface area contributed by atoms with Crippen molar-refractivity contribution in [1.29, 1.82) is 0 Å². The van der Waals surface area contributed by atoms with Crippen molar-refractivity contribution in [2.24, 2.45) is 0 Å². The van der Waals surface area contributed by atoms with E-state index in [4.69, 9.17) is 11.6 Å². The number of rotatable bonds is 3. The number of hydrogen-bond acceptors (Lipinski definition) is 2. The molecule has 0 aliphatic carbocycles. The van der Waals surface area contributed by atoms with E-state index in [0.29, 0.717) is 17.1 Å². The summed E-state index contributed by atoms with van der Waals surface area (Å²) in [4.78, 5) is 15.1. The summed E-state index contributed by atoms with van der Waals surface area (Å²) in [6, 6.07) is 3.33. The molecule has 0 spiro atoms. The molecule has 0 unspecified atom stereocenters. The monoisotopic (exact) mass is 183 g/mol. The van der Waals surface area contributed by atoms with Gasteiger partial charge < -0.3 is 0 Å². The van der Waals surface area contributed by atoms with E-state index in [1.165, 1.54) is 6.20 Å². The lowest BCUT2D eigenvalue weighted by Crippen LogP contribution is -1.98. The molecule has 0 atom stereocenters. The van der Waals surface area contributed by atoms with Gasteiger partial charge in [-0.05, 0) is 18.6 Å². The smallest absolute Gasteiger partial charge is 0.164 e. The van der Waals surface area contributed by atoms with E-state index in [2.05, 4.69) is 4.98 Å². The van der Waals surface area contributed by atoms with Gasteiger partial charge in [-0.15, -0.1) is 0 Å². The van der Waals surface area contributed by atoms with Crippen LogP contribution < -0.4 is 0 Å². The van der Waals surface area contributed by atoms with E-state index >= 15 is 0 Å². The van der Waals surface area contributed by atoms with Crippen LogP contribution in [0.1, 0.15) is 30.1 Å². The van der Waals surface area contributed by atoms with Gasteiger partial charge in [0.1, 0.15) is 5.15 Å². The lowest BCUT2D eigenvalue weighted by Gasteiger charge is -1.97. The minimum atomic E-state index is 0.127. The molecule has 0 aliphatic rings. The highest BCUT2D eigenvalue weighted by molar-refractivity contribution is 6.29. The molecular formula is C9H10ClNO. The molecule has 2 nitrogen and oxygen atoms in total. The molecule has 64 valence electrons. The van der Waals surface area contributed by atoms with Crippen molar-refractivity contribution in [3.8, 4) is 0 Å². The molecule has 0 N–H and O–H groups in total. The highest BCUT2D eigenvalue weighted by Gasteiger charge is 2.03. The summed E-state index contributed by atoms with van der Waals surface area (Å²) >= 11 is 5.57. The van der Waals surface area contributed by atoms with Gasteiger partial charge in [-0.25, -0.2) is 4.98 Å². The van der Waals surface area contributed by atoms with Crippen LogP contribution in [0.3, 0.4) is 0 Å². The molecular weight excluding hydrogens is 174 g/mol. The zero-order chi connectivity index (χ0) is 8.97. The van der Waals surface area contributed by atoms with Crippen molar-refractivity contribution < 1.29 is 4.79 Å². The van der Waals surface area contributed by atoms with Gasteiger partial charge in [0.2, 0.25) is 0 Å². The standard InChI is InChI=1S/C9H10ClNO/c1-2-3-8(12)7-4-5-9(10)11-6-7/h4-6H,2-3H2,1H3. The highest BCUT2D eigenvalue weighted by atomic mass is 35.5. The predicted molar refractivity (Wildman–Crippen MR) is 48.5 cm³/mol. The first-order chi connectivity index (χ1) is 5.74. The fraction of sp³-hybridized carbons (Fsp3) is 0.333. The van der Waals surface area contributed by atoms with Crippen molar-refractivity contribution in [2.45, 2.75) is 19.8 Å². The van der Waals surface area contributed by atoms with Crippen LogP contribution in [0.5, 0.6) is 0 Å². The Kier molecular flexibility index (Phi) is 3.23. The van der Waals surface area contributed by atoms with Crippen LogP contribution in [0.25, 0.3) is 0 Å². The first-order valence-corrected chi connectivity index (χ1v) is 4.26. The Balaban J connectivity index is 2.75. The zero-order valence-corrected chi connectivity index (χ0v) is 7.64. The van der Waals surface area contributed by atoms with Crippen LogP contribution in [-0.4, -0.2) is 10.8 Å². The Morgan fingerprint density at radius 1 is 1.58 bits per heavy atom. The fourth-order valence-corrected chi connectivity index (χ4v) is 1.02. The fourth-order valence-electron chi connectivity index (χ4n) is 0.912. The second-order valence-electron chi connectivity index (χ2n) is 2.54. The summed E-state index contributed by atoms with van der Waals surface area (Å²) in [6.07, 6.45) is 2.95. The van der Waals surface area contributed by atoms with Crippen LogP contribution in [-0.2, 0) is 0 Å². The third kappa shape index (κ3) is 2.31. The summed E-state index contributed by atoms with van der Waals surface area (Å²) in [5.41, 5.74) is 0.640. The Morgan fingerprint density at radius 2 is 2.33 bits per heavy atom. The van der Waals surface area contributed by atoms with Crippen LogP contribution >= 0.6 is 11.6 Å². The molecule has 0 amide bonds. The van der Waals surface area contributed by atoms with Gasteiger partial charge in [-0.3, -0.25) is 4.79 Å². The van der Waals surface area contributed by atoms with Gasteiger partial charge >= 0.3 is 0 Å². The van der Waals surface area contributed by atoms with Gasteiger partial charge in [0.15, 0.2) is 5.78 Å². The summed E-state index contributed by atoms with van der Waals surface area (Å²) < 4.78 is 0. The number of nitrogens with zero attached hydrogens (tertiary/aromatic N) is 1. The molecule has 0 saturated carbocycles. The maximum Gasteiger partial charge on any atom is 0.164 e. The molecule has 3 heteroatoms. The second-order valence-corrected chi connectivity index (χ2v) is 2.93. The van der Waals surface area contributed by atoms with Gasteiger partial charge in [-0.1, -0.05) is 18.5 Å². The second kappa shape index (κ2) is 4.21. The first kappa shape index (κ1) is 9.20. The molecule has 0 aromatic carbocycles. The Morgan fingerprint density at radius 3 is 2.83 bits per heavy atom. The van der Waals surface area contributed by atoms with Gasteiger partial charge in [0.25, 0.3) is 0 Å². The number of carbonyl (C=O) groups is 1. The molecule has 1 aromatic rings. The highest BCUT2D eigenvalue weighted by Crippen LogP contribution is 2.07. The number of ketones is 1. The summed E-state index contributed by atoms with van der Waals surface area (Å²) in [6.45, 7) is 1.97. The van der Waals surface area contributed by atoms with E-state index in [0.717, 1.165) is 6.42 Å². The Bertz CT molecular complexity index is 268. The van der Waals surface area contributed by atoms with Crippen LogP contribution in [0.2, 0.25) is 5.15 Å². The summed E-state index contributed by atoms with van der Waals surface area (Å²) in [5.74, 6) is 0.127. The van der Waals surface area contributed by atoms with Crippen LogP contribution in [0.15, 0.2) is 18.3 Å². The minimum absolute atomic E-state index is 0.127. The number of Topliss-reactive ketones (excluding diaryl/α,β-unsaturated/α-hetero) is 1. The molecule has 1 aromatic heterocycles. The molecule has 0 radical (unpaired) electrons. The number of halogens is 1. The van der Waals surface area contributed by atoms with E-state index in [9.17, 15) is 4.79 Å². The van der Waals surface area contributed by atoms with Crippen molar-refractivity contribution in [3.05, 3.63) is 29.0 Å². The predicted octanol–water partition coefficient (Wildman–Crippen LogP) is 2.72. The van der Waals surface area contributed by atoms with Crippen molar-refractivity contribution >= 4 is 17.4 Å². The largest absolute Gasteiger partial charge is 0.294 e. The van der Waals surface area contributed by atoms with Crippen molar-refractivity contribution in [2.75, 3.05) is 0 Å². The van der Waals surface area contributed by atoms with Gasteiger partial charge in [-0.2, -0.15) is 0 Å². The normalized spacial score (nSPS) is 9.83. The molecule has 1 heterocycles. The average Bonchev–Trinajstić information content (AvgIpc) is 2.06. The van der Waals surface area contributed by atoms with Crippen molar-refractivity contribution in [1.82, 2.24) is 4.98 Å². The summed E-state index contributed by atoms with van der Waals surface area (Å²) in [7, 11) is 0. The zero-order valence-electron chi connectivity index (χ0n) is 6.88. The molecule has 0 aliphatic heterocycles. The first-order valence-electron chi connectivity index (χ1n) is 3.88. The number of pyridine rings is 1. The quantitative estimate of drug-likeness (QED) is 0.533. The lowest BCUT2D eigenvalue weighted by atomic mass is 10.1. The van der Waals surface area contributed by atoms with Gasteiger partial charge in [0, 0.05) is 18.2 Å². The maximum atomic E-state index is 11.3. The van der Waals surface area contributed by atoms with Crippen molar-refractivity contribution in [3.63, 3.8) is 0 Å². The number of carbonyl (C=O) groups excluding carboxylic acids is 1. The number of hydrogen-bond donors (Lipinski definition) is 0. The molecule has 0 saturated heterocycles. The molecule has 1 rings (SSSR count). The van der Waals surface area contributed by atoms with E-state index in [-0.39, 0.29) is 5.78 Å².